The van der Waals surface area contributed by atoms with E-state index in [4.69, 9.17) is 21.5 Å². The van der Waals surface area contributed by atoms with Gasteiger partial charge in [-0.1, -0.05) is 28.9 Å². The number of ether oxygens (including phenoxy) is 1. The maximum Gasteiger partial charge on any atom is 0.238 e. The smallest absolute Gasteiger partial charge is 0.238 e. The van der Waals surface area contributed by atoms with Gasteiger partial charge in [0.1, 0.15) is 11.4 Å². The van der Waals surface area contributed by atoms with E-state index in [2.05, 4.69) is 10.3 Å². The molecular weight excluding hydrogens is 376 g/mol. The van der Waals surface area contributed by atoms with E-state index >= 15 is 0 Å². The first kappa shape index (κ1) is 17.0. The molecule has 0 radical (unpaired) electrons. The number of fused-ring (bicyclic) bond motifs is 1. The second-order valence-electron chi connectivity index (χ2n) is 6.03. The minimum Gasteiger partial charge on any atom is -0.492 e. The second kappa shape index (κ2) is 6.39. The lowest BCUT2D eigenvalue weighted by molar-refractivity contribution is 0.358. The normalized spacial score (nSPS) is 13.5. The lowest BCUT2D eigenvalue weighted by atomic mass is 10.1. The number of hydrogen-bond acceptors (Lipinski definition) is 5. The highest BCUT2D eigenvalue weighted by molar-refractivity contribution is 7.89. The Morgan fingerprint density at radius 2 is 2.12 bits per heavy atom. The van der Waals surface area contributed by atoms with Crippen molar-refractivity contribution in [3.8, 4) is 17.0 Å². The van der Waals surface area contributed by atoms with Crippen LogP contribution < -0.4 is 9.88 Å². The Kier molecular flexibility index (Phi) is 4.18. The van der Waals surface area contributed by atoms with Crippen LogP contribution in [0.1, 0.15) is 11.1 Å². The fourth-order valence-electron chi connectivity index (χ4n) is 2.98. The third-order valence-electron chi connectivity index (χ3n) is 4.13. The molecule has 2 N–H and O–H groups in total. The fourth-order valence-corrected chi connectivity index (χ4v) is 3.91. The van der Waals surface area contributed by atoms with Crippen LogP contribution in [-0.2, 0) is 23.0 Å². The van der Waals surface area contributed by atoms with Crippen molar-refractivity contribution in [1.82, 2.24) is 15.0 Å². The van der Waals surface area contributed by atoms with E-state index in [0.717, 1.165) is 23.3 Å². The largest absolute Gasteiger partial charge is 0.492 e. The quantitative estimate of drug-likeness (QED) is 0.736. The summed E-state index contributed by atoms with van der Waals surface area (Å²) in [6.07, 6.45) is 2.67. The van der Waals surface area contributed by atoms with E-state index in [1.54, 1.807) is 16.9 Å². The van der Waals surface area contributed by atoms with Gasteiger partial charge in [-0.15, -0.1) is 5.10 Å². The van der Waals surface area contributed by atoms with Crippen molar-refractivity contribution in [3.05, 3.63) is 58.7 Å². The SMILES string of the molecule is NS(=O)(=O)c1cc(Cl)cc(Cn2cc(-c3cccc4c3OCC4)nn2)c1. The van der Waals surface area contributed by atoms with Crippen molar-refractivity contribution < 1.29 is 13.2 Å². The maximum atomic E-state index is 11.6. The van der Waals surface area contributed by atoms with Crippen LogP contribution in [0.15, 0.2) is 47.5 Å². The standard InChI is InChI=1S/C17H15ClN4O3S/c18-13-6-11(7-14(8-13)26(19,23)24)9-22-10-16(20-21-22)15-3-1-2-12-4-5-25-17(12)15/h1-3,6-8,10H,4-5,9H2,(H2,19,23,24). The Hall–Kier alpha value is -2.42. The predicted octanol–water partition coefficient (Wildman–Crippen LogP) is 2.23. The minimum atomic E-state index is -3.83. The van der Waals surface area contributed by atoms with Gasteiger partial charge in [0.15, 0.2) is 0 Å². The van der Waals surface area contributed by atoms with E-state index in [1.165, 1.54) is 12.1 Å². The molecule has 0 atom stereocenters. The van der Waals surface area contributed by atoms with Crippen LogP contribution in [0.3, 0.4) is 0 Å². The fraction of sp³-hybridized carbons (Fsp3) is 0.176. The Morgan fingerprint density at radius 1 is 1.27 bits per heavy atom. The molecule has 2 aromatic carbocycles. The summed E-state index contributed by atoms with van der Waals surface area (Å²) in [6, 6.07) is 10.4. The highest BCUT2D eigenvalue weighted by Crippen LogP contribution is 2.35. The molecule has 0 saturated carbocycles. The molecule has 0 bridgehead atoms. The zero-order chi connectivity index (χ0) is 18.3. The zero-order valence-corrected chi connectivity index (χ0v) is 15.2. The van der Waals surface area contributed by atoms with Crippen LogP contribution in [-0.4, -0.2) is 30.0 Å². The second-order valence-corrected chi connectivity index (χ2v) is 8.03. The number of primary sulfonamides is 1. The molecule has 2 heterocycles. The van der Waals surface area contributed by atoms with Gasteiger partial charge in [-0.3, -0.25) is 0 Å². The van der Waals surface area contributed by atoms with Crippen molar-refractivity contribution in [2.45, 2.75) is 17.9 Å². The van der Waals surface area contributed by atoms with E-state index in [1.807, 2.05) is 18.2 Å². The lowest BCUT2D eigenvalue weighted by Gasteiger charge is -2.06. The monoisotopic (exact) mass is 390 g/mol. The Balaban J connectivity index is 1.64. The van der Waals surface area contributed by atoms with Crippen LogP contribution in [0.5, 0.6) is 5.75 Å². The molecule has 0 unspecified atom stereocenters. The van der Waals surface area contributed by atoms with E-state index in [-0.39, 0.29) is 4.90 Å². The van der Waals surface area contributed by atoms with Gasteiger partial charge >= 0.3 is 0 Å². The van der Waals surface area contributed by atoms with Gasteiger partial charge in [-0.25, -0.2) is 18.2 Å². The zero-order valence-electron chi connectivity index (χ0n) is 13.6. The molecule has 0 aliphatic carbocycles. The summed E-state index contributed by atoms with van der Waals surface area (Å²) in [7, 11) is -3.83. The number of aromatic nitrogens is 3. The summed E-state index contributed by atoms with van der Waals surface area (Å²) < 4.78 is 30.4. The van der Waals surface area contributed by atoms with Gasteiger partial charge in [0.25, 0.3) is 0 Å². The number of rotatable bonds is 4. The number of para-hydroxylation sites is 1. The molecular formula is C17H15ClN4O3S. The Morgan fingerprint density at radius 3 is 2.92 bits per heavy atom. The molecule has 1 aliphatic heterocycles. The molecule has 9 heteroatoms. The summed E-state index contributed by atoms with van der Waals surface area (Å²) in [6.45, 7) is 0.977. The first-order valence-corrected chi connectivity index (χ1v) is 9.80. The molecule has 134 valence electrons. The van der Waals surface area contributed by atoms with E-state index < -0.39 is 10.0 Å². The van der Waals surface area contributed by atoms with Crippen molar-refractivity contribution in [1.29, 1.82) is 0 Å². The van der Waals surface area contributed by atoms with Gasteiger partial charge in [-0.2, -0.15) is 0 Å². The maximum absolute atomic E-state index is 11.6. The number of benzene rings is 2. The van der Waals surface area contributed by atoms with Crippen molar-refractivity contribution in [2.75, 3.05) is 6.61 Å². The molecule has 1 aromatic heterocycles. The average Bonchev–Trinajstić information content (AvgIpc) is 3.22. The van der Waals surface area contributed by atoms with Crippen molar-refractivity contribution >= 4 is 21.6 Å². The predicted molar refractivity (Wildman–Crippen MR) is 96.6 cm³/mol. The summed E-state index contributed by atoms with van der Waals surface area (Å²) in [5.41, 5.74) is 3.40. The summed E-state index contributed by atoms with van der Waals surface area (Å²) >= 11 is 6.01. The number of halogens is 1. The molecule has 26 heavy (non-hydrogen) atoms. The molecule has 0 saturated heterocycles. The highest BCUT2D eigenvalue weighted by atomic mass is 35.5. The first-order valence-electron chi connectivity index (χ1n) is 7.87. The molecule has 0 fully saturated rings. The number of nitrogens with two attached hydrogens (primary N) is 1. The topological polar surface area (TPSA) is 100 Å². The first-order chi connectivity index (χ1) is 12.4. The molecule has 4 rings (SSSR count). The van der Waals surface area contributed by atoms with Gasteiger partial charge in [0.2, 0.25) is 10.0 Å². The summed E-state index contributed by atoms with van der Waals surface area (Å²) in [5.74, 6) is 0.846. The molecule has 7 nitrogen and oxygen atoms in total. The molecule has 0 spiro atoms. The van der Waals surface area contributed by atoms with E-state index in [9.17, 15) is 8.42 Å². The van der Waals surface area contributed by atoms with Crippen molar-refractivity contribution in [2.24, 2.45) is 5.14 Å². The van der Waals surface area contributed by atoms with Crippen LogP contribution in [0.2, 0.25) is 5.02 Å². The van der Waals surface area contributed by atoms with Gasteiger partial charge in [-0.05, 0) is 35.4 Å². The molecule has 0 amide bonds. The van der Waals surface area contributed by atoms with E-state index in [0.29, 0.717) is 29.4 Å². The summed E-state index contributed by atoms with van der Waals surface area (Å²) in [5, 5.41) is 13.8. The Bertz CT molecular complexity index is 1100. The highest BCUT2D eigenvalue weighted by Gasteiger charge is 2.19. The molecule has 3 aromatic rings. The summed E-state index contributed by atoms with van der Waals surface area (Å²) in [4.78, 5) is -0.0328. The third-order valence-corrected chi connectivity index (χ3v) is 5.24. The van der Waals surface area contributed by atoms with Crippen molar-refractivity contribution in [3.63, 3.8) is 0 Å². The number of nitrogens with zero attached hydrogens (tertiary/aromatic N) is 3. The Labute approximate surface area is 155 Å². The lowest BCUT2D eigenvalue weighted by Crippen LogP contribution is -2.13. The van der Waals surface area contributed by atoms with Crippen LogP contribution in [0.25, 0.3) is 11.3 Å². The van der Waals surface area contributed by atoms with Gasteiger partial charge in [0.05, 0.1) is 24.2 Å². The van der Waals surface area contributed by atoms with Crippen LogP contribution in [0.4, 0.5) is 0 Å². The van der Waals surface area contributed by atoms with Gasteiger partial charge < -0.3 is 4.74 Å². The van der Waals surface area contributed by atoms with Crippen LogP contribution in [0, 0.1) is 0 Å². The average molecular weight is 391 g/mol. The van der Waals surface area contributed by atoms with Gasteiger partial charge in [0, 0.05) is 17.0 Å². The number of sulfonamides is 1. The molecule has 1 aliphatic rings. The van der Waals surface area contributed by atoms with Crippen LogP contribution >= 0.6 is 11.6 Å². The minimum absolute atomic E-state index is 0.0328. The third kappa shape index (κ3) is 3.31. The number of hydrogen-bond donors (Lipinski definition) is 1.